The number of amides is 1. The summed E-state index contributed by atoms with van der Waals surface area (Å²) in [6, 6.07) is 9.12. The maximum Gasteiger partial charge on any atom is 0.230 e. The molecule has 112 valence electrons. The monoisotopic (exact) mass is 316 g/mol. The molecule has 0 fully saturated rings. The Hall–Kier alpha value is -1.04. The third kappa shape index (κ3) is 8.19. The second-order valence-corrected chi connectivity index (χ2v) is 5.11. The van der Waals surface area contributed by atoms with E-state index in [4.69, 9.17) is 5.73 Å². The molecule has 20 heavy (non-hydrogen) atoms. The summed E-state index contributed by atoms with van der Waals surface area (Å²) in [4.78, 5) is 23.2. The lowest BCUT2D eigenvalue weighted by Gasteiger charge is -2.04. The Balaban J connectivity index is 0.00000361. The smallest absolute Gasteiger partial charge is 0.230 e. The predicted octanol–water partition coefficient (Wildman–Crippen LogP) is 1.88. The third-order valence-electron chi connectivity index (χ3n) is 2.52. The number of hydrogen-bond donors (Lipinski definition) is 2. The van der Waals surface area contributed by atoms with Crippen LogP contribution in [0.25, 0.3) is 0 Å². The summed E-state index contributed by atoms with van der Waals surface area (Å²) >= 11 is 1.34. The van der Waals surface area contributed by atoms with Gasteiger partial charge in [0.05, 0.1) is 11.5 Å². The quantitative estimate of drug-likeness (QED) is 0.539. The minimum atomic E-state index is -0.0251. The molecule has 0 aromatic heterocycles. The van der Waals surface area contributed by atoms with Crippen LogP contribution in [0, 0.1) is 0 Å². The average molecular weight is 317 g/mol. The molecule has 0 radical (unpaired) electrons. The Morgan fingerprint density at radius 1 is 1.10 bits per heavy atom. The normalized spacial score (nSPS) is 9.65. The second kappa shape index (κ2) is 11.8. The first-order valence-corrected chi connectivity index (χ1v) is 7.52. The van der Waals surface area contributed by atoms with Crippen molar-refractivity contribution in [2.75, 3.05) is 24.6 Å². The van der Waals surface area contributed by atoms with Gasteiger partial charge in [-0.2, -0.15) is 0 Å². The Morgan fingerprint density at radius 2 is 1.80 bits per heavy atom. The molecule has 0 spiro atoms. The Labute approximate surface area is 130 Å². The topological polar surface area (TPSA) is 72.2 Å². The maximum absolute atomic E-state index is 11.8. The summed E-state index contributed by atoms with van der Waals surface area (Å²) in [7, 11) is 0. The van der Waals surface area contributed by atoms with Crippen molar-refractivity contribution in [1.82, 2.24) is 5.32 Å². The first-order valence-electron chi connectivity index (χ1n) is 6.37. The van der Waals surface area contributed by atoms with Gasteiger partial charge in [-0.05, 0) is 19.4 Å². The number of halogens is 1. The van der Waals surface area contributed by atoms with E-state index in [-0.39, 0.29) is 24.1 Å². The molecular formula is C14H21ClN2O2S. The van der Waals surface area contributed by atoms with E-state index in [0.29, 0.717) is 30.2 Å². The zero-order valence-electron chi connectivity index (χ0n) is 11.3. The van der Waals surface area contributed by atoms with Gasteiger partial charge < -0.3 is 11.1 Å². The van der Waals surface area contributed by atoms with Crippen LogP contribution in [0.1, 0.15) is 23.2 Å². The number of benzene rings is 1. The lowest BCUT2D eigenvalue weighted by Crippen LogP contribution is -2.27. The number of thioether (sulfide) groups is 1. The van der Waals surface area contributed by atoms with Gasteiger partial charge >= 0.3 is 0 Å². The SMILES string of the molecule is Cl.NCCCCNC(=O)CSCC(=O)c1ccccc1. The molecule has 0 aliphatic heterocycles. The van der Waals surface area contributed by atoms with Crippen LogP contribution in [0.2, 0.25) is 0 Å². The van der Waals surface area contributed by atoms with Crippen molar-refractivity contribution in [2.24, 2.45) is 5.73 Å². The maximum atomic E-state index is 11.8. The summed E-state index contributed by atoms with van der Waals surface area (Å²) in [6.45, 7) is 1.30. The Bertz CT molecular complexity index is 401. The van der Waals surface area contributed by atoms with Crippen molar-refractivity contribution in [2.45, 2.75) is 12.8 Å². The van der Waals surface area contributed by atoms with E-state index in [1.54, 1.807) is 12.1 Å². The molecule has 0 saturated heterocycles. The van der Waals surface area contributed by atoms with Gasteiger partial charge in [-0.15, -0.1) is 24.2 Å². The van der Waals surface area contributed by atoms with Gasteiger partial charge in [0, 0.05) is 12.1 Å². The summed E-state index contributed by atoms with van der Waals surface area (Å²) in [5.74, 6) is 0.686. The van der Waals surface area contributed by atoms with E-state index in [0.717, 1.165) is 12.8 Å². The molecule has 0 heterocycles. The van der Waals surface area contributed by atoms with Gasteiger partial charge in [0.15, 0.2) is 5.78 Å². The van der Waals surface area contributed by atoms with Crippen LogP contribution in [0.3, 0.4) is 0 Å². The van der Waals surface area contributed by atoms with Gasteiger partial charge in [0.25, 0.3) is 0 Å². The molecule has 6 heteroatoms. The molecule has 1 amide bonds. The Kier molecular flexibility index (Phi) is 11.1. The van der Waals surface area contributed by atoms with Crippen LogP contribution in [0.15, 0.2) is 30.3 Å². The minimum Gasteiger partial charge on any atom is -0.355 e. The highest BCUT2D eigenvalue weighted by atomic mass is 35.5. The first-order chi connectivity index (χ1) is 9.24. The number of nitrogens with one attached hydrogen (secondary N) is 1. The van der Waals surface area contributed by atoms with E-state index in [2.05, 4.69) is 5.32 Å². The largest absolute Gasteiger partial charge is 0.355 e. The molecule has 0 saturated carbocycles. The van der Waals surface area contributed by atoms with Crippen molar-refractivity contribution >= 4 is 35.9 Å². The van der Waals surface area contributed by atoms with Crippen molar-refractivity contribution < 1.29 is 9.59 Å². The fourth-order valence-corrected chi connectivity index (χ4v) is 2.23. The average Bonchev–Trinajstić information content (AvgIpc) is 2.44. The molecule has 1 aromatic rings. The zero-order valence-corrected chi connectivity index (χ0v) is 13.0. The summed E-state index contributed by atoms with van der Waals surface area (Å²) < 4.78 is 0. The van der Waals surface area contributed by atoms with Crippen LogP contribution in [0.4, 0.5) is 0 Å². The lowest BCUT2D eigenvalue weighted by atomic mass is 10.2. The van der Waals surface area contributed by atoms with Gasteiger partial charge in [-0.1, -0.05) is 30.3 Å². The fraction of sp³-hybridized carbons (Fsp3) is 0.429. The number of Topliss-reactive ketones (excluding diaryl/α,β-unsaturated/α-hetero) is 1. The minimum absolute atomic E-state index is 0. The summed E-state index contributed by atoms with van der Waals surface area (Å²) in [5.41, 5.74) is 6.05. The number of nitrogens with two attached hydrogens (primary N) is 1. The van der Waals surface area contributed by atoms with Crippen LogP contribution in [-0.4, -0.2) is 36.3 Å². The molecule has 0 aliphatic carbocycles. The van der Waals surface area contributed by atoms with Crippen LogP contribution < -0.4 is 11.1 Å². The molecule has 1 rings (SSSR count). The lowest BCUT2D eigenvalue weighted by molar-refractivity contribution is -0.118. The predicted molar refractivity (Wildman–Crippen MR) is 86.6 cm³/mol. The third-order valence-corrected chi connectivity index (χ3v) is 3.45. The number of rotatable bonds is 9. The molecule has 0 bridgehead atoms. The summed E-state index contributed by atoms with van der Waals surface area (Å²) in [5, 5.41) is 2.80. The van der Waals surface area contributed by atoms with Gasteiger partial charge in [-0.25, -0.2) is 0 Å². The van der Waals surface area contributed by atoms with E-state index >= 15 is 0 Å². The first kappa shape index (κ1) is 19.0. The van der Waals surface area contributed by atoms with Gasteiger partial charge in [0.1, 0.15) is 0 Å². The van der Waals surface area contributed by atoms with Crippen LogP contribution in [0.5, 0.6) is 0 Å². The molecular weight excluding hydrogens is 296 g/mol. The zero-order chi connectivity index (χ0) is 13.9. The van der Waals surface area contributed by atoms with E-state index in [1.165, 1.54) is 11.8 Å². The highest BCUT2D eigenvalue weighted by Gasteiger charge is 2.07. The Morgan fingerprint density at radius 3 is 2.45 bits per heavy atom. The van der Waals surface area contributed by atoms with Crippen molar-refractivity contribution in [3.63, 3.8) is 0 Å². The molecule has 3 N–H and O–H groups in total. The van der Waals surface area contributed by atoms with Crippen molar-refractivity contribution in [3.05, 3.63) is 35.9 Å². The van der Waals surface area contributed by atoms with E-state index < -0.39 is 0 Å². The molecule has 4 nitrogen and oxygen atoms in total. The molecule has 0 unspecified atom stereocenters. The number of unbranched alkanes of at least 4 members (excludes halogenated alkanes) is 1. The molecule has 0 atom stereocenters. The van der Waals surface area contributed by atoms with Gasteiger partial charge in [0.2, 0.25) is 5.91 Å². The van der Waals surface area contributed by atoms with Crippen molar-refractivity contribution in [3.8, 4) is 0 Å². The standard InChI is InChI=1S/C14H20N2O2S.ClH/c15-8-4-5-9-16-14(18)11-19-10-13(17)12-6-2-1-3-7-12;/h1-3,6-7H,4-5,8-11,15H2,(H,16,18);1H. The second-order valence-electron chi connectivity index (χ2n) is 4.13. The van der Waals surface area contributed by atoms with Crippen LogP contribution in [-0.2, 0) is 4.79 Å². The molecule has 0 aliphatic rings. The number of carbonyl (C=O) groups is 2. The fourth-order valence-electron chi connectivity index (χ4n) is 1.49. The van der Waals surface area contributed by atoms with E-state index in [9.17, 15) is 9.59 Å². The van der Waals surface area contributed by atoms with Crippen molar-refractivity contribution in [1.29, 1.82) is 0 Å². The molecule has 1 aromatic carbocycles. The summed E-state index contributed by atoms with van der Waals surface area (Å²) in [6.07, 6.45) is 1.82. The van der Waals surface area contributed by atoms with Crippen LogP contribution >= 0.6 is 24.2 Å². The number of hydrogen-bond acceptors (Lipinski definition) is 4. The van der Waals surface area contributed by atoms with E-state index in [1.807, 2.05) is 18.2 Å². The van der Waals surface area contributed by atoms with Gasteiger partial charge in [-0.3, -0.25) is 9.59 Å². The number of ketones is 1. The highest BCUT2D eigenvalue weighted by Crippen LogP contribution is 2.06. The number of carbonyl (C=O) groups excluding carboxylic acids is 2. The highest BCUT2D eigenvalue weighted by molar-refractivity contribution is 8.00.